The number of ether oxygens (including phenoxy) is 1. The molecule has 1 aromatic carbocycles. The summed E-state index contributed by atoms with van der Waals surface area (Å²) in [7, 11) is 3.85. The highest BCUT2D eigenvalue weighted by molar-refractivity contribution is 7.99. The Kier molecular flexibility index (Phi) is 6.09. The maximum Gasteiger partial charge on any atom is 0.414 e. The molecule has 2 N–H and O–H groups in total. The molecule has 0 radical (unpaired) electrons. The summed E-state index contributed by atoms with van der Waals surface area (Å²) in [6, 6.07) is 6.05. The van der Waals surface area contributed by atoms with Crippen LogP contribution in [0.15, 0.2) is 23.1 Å². The minimum atomic E-state index is -0.499. The number of carbonyl (C=O) groups is 1. The van der Waals surface area contributed by atoms with Crippen LogP contribution in [0, 0.1) is 0 Å². The van der Waals surface area contributed by atoms with Gasteiger partial charge in [-0.15, -0.1) is 11.8 Å². The minimum absolute atomic E-state index is 0.344. The first-order valence-electron chi connectivity index (χ1n) is 7.29. The fourth-order valence-electron chi connectivity index (χ4n) is 1.81. The van der Waals surface area contributed by atoms with Gasteiger partial charge in [0, 0.05) is 11.4 Å². The molecule has 22 heavy (non-hydrogen) atoms. The van der Waals surface area contributed by atoms with Gasteiger partial charge in [0.2, 0.25) is 5.95 Å². The first-order chi connectivity index (χ1) is 10.6. The van der Waals surface area contributed by atoms with E-state index in [-0.39, 0.29) is 0 Å². The maximum absolute atomic E-state index is 11.7. The van der Waals surface area contributed by atoms with Crippen molar-refractivity contribution in [2.24, 2.45) is 0 Å². The standard InChI is InChI=1S/C15H22N4O2S/c1-4-9-22-11-5-6-12-13(10-11)17-14(16-12)18-15(20)21-8-7-19(2)3/h5-6,10H,4,7-9H2,1-3H3,(H2,16,17,18,20). The van der Waals surface area contributed by atoms with Crippen LogP contribution < -0.4 is 5.32 Å². The summed E-state index contributed by atoms with van der Waals surface area (Å²) < 4.78 is 5.07. The molecular formula is C15H22N4O2S. The molecule has 1 heterocycles. The maximum atomic E-state index is 11.7. The zero-order valence-electron chi connectivity index (χ0n) is 13.2. The third-order valence-electron chi connectivity index (χ3n) is 2.92. The molecule has 0 aliphatic rings. The number of H-pyrrole nitrogens is 1. The smallest absolute Gasteiger partial charge is 0.414 e. The van der Waals surface area contributed by atoms with Crippen molar-refractivity contribution in [1.29, 1.82) is 0 Å². The molecule has 0 atom stereocenters. The summed E-state index contributed by atoms with van der Waals surface area (Å²) in [5.41, 5.74) is 1.73. The van der Waals surface area contributed by atoms with Crippen LogP contribution in [0.2, 0.25) is 0 Å². The number of nitrogens with one attached hydrogen (secondary N) is 2. The number of likely N-dealkylation sites (N-methyl/N-ethyl adjacent to an activating group) is 1. The highest BCUT2D eigenvalue weighted by Crippen LogP contribution is 2.23. The van der Waals surface area contributed by atoms with Gasteiger partial charge in [0.05, 0.1) is 11.0 Å². The normalized spacial score (nSPS) is 11.1. The van der Waals surface area contributed by atoms with Crippen LogP contribution >= 0.6 is 11.8 Å². The van der Waals surface area contributed by atoms with Gasteiger partial charge < -0.3 is 14.6 Å². The van der Waals surface area contributed by atoms with Crippen molar-refractivity contribution in [3.63, 3.8) is 0 Å². The molecule has 0 saturated carbocycles. The lowest BCUT2D eigenvalue weighted by atomic mass is 10.3. The number of carbonyl (C=O) groups excluding carboxylic acids is 1. The number of benzene rings is 1. The van der Waals surface area contributed by atoms with E-state index in [0.717, 1.165) is 23.2 Å². The van der Waals surface area contributed by atoms with Gasteiger partial charge >= 0.3 is 6.09 Å². The highest BCUT2D eigenvalue weighted by Gasteiger charge is 2.08. The van der Waals surface area contributed by atoms with Crippen LogP contribution in [0.4, 0.5) is 10.7 Å². The van der Waals surface area contributed by atoms with Crippen molar-refractivity contribution in [2.45, 2.75) is 18.2 Å². The first-order valence-corrected chi connectivity index (χ1v) is 8.28. The van der Waals surface area contributed by atoms with E-state index in [1.807, 2.05) is 31.1 Å². The van der Waals surface area contributed by atoms with Crippen LogP contribution in [0.5, 0.6) is 0 Å². The molecule has 120 valence electrons. The van der Waals surface area contributed by atoms with E-state index >= 15 is 0 Å². The first kappa shape index (κ1) is 16.6. The third kappa shape index (κ3) is 4.92. The number of rotatable bonds is 7. The number of thioether (sulfide) groups is 1. The molecule has 2 rings (SSSR count). The van der Waals surface area contributed by atoms with E-state index in [2.05, 4.69) is 28.3 Å². The lowest BCUT2D eigenvalue weighted by Gasteiger charge is -2.09. The predicted octanol–water partition coefficient (Wildman–Crippen LogP) is 3.18. The Morgan fingerprint density at radius 3 is 3.00 bits per heavy atom. The molecule has 1 amide bonds. The van der Waals surface area contributed by atoms with Gasteiger partial charge in [0.15, 0.2) is 0 Å². The summed E-state index contributed by atoms with van der Waals surface area (Å²) in [4.78, 5) is 22.2. The van der Waals surface area contributed by atoms with E-state index in [1.165, 1.54) is 4.90 Å². The quantitative estimate of drug-likeness (QED) is 0.766. The monoisotopic (exact) mass is 322 g/mol. The van der Waals surface area contributed by atoms with E-state index < -0.39 is 6.09 Å². The molecular weight excluding hydrogens is 300 g/mol. The zero-order valence-corrected chi connectivity index (χ0v) is 14.0. The Labute approximate surface area is 134 Å². The number of imidazole rings is 1. The lowest BCUT2D eigenvalue weighted by Crippen LogP contribution is -2.22. The Morgan fingerprint density at radius 2 is 2.27 bits per heavy atom. The average Bonchev–Trinajstić information content (AvgIpc) is 2.85. The minimum Gasteiger partial charge on any atom is -0.448 e. The second-order valence-electron chi connectivity index (χ2n) is 5.18. The molecule has 6 nitrogen and oxygen atoms in total. The largest absolute Gasteiger partial charge is 0.448 e. The molecule has 0 aliphatic carbocycles. The van der Waals surface area contributed by atoms with Gasteiger partial charge in [0.25, 0.3) is 0 Å². The molecule has 0 aliphatic heterocycles. The molecule has 0 unspecified atom stereocenters. The number of nitrogens with zero attached hydrogens (tertiary/aromatic N) is 2. The zero-order chi connectivity index (χ0) is 15.9. The Bertz CT molecular complexity index is 627. The van der Waals surface area contributed by atoms with Crippen LogP contribution in [-0.2, 0) is 4.74 Å². The number of amides is 1. The summed E-state index contributed by atoms with van der Waals surface area (Å²) in [6.07, 6.45) is 0.635. The number of anilines is 1. The van der Waals surface area contributed by atoms with Gasteiger partial charge in [-0.3, -0.25) is 5.32 Å². The van der Waals surface area contributed by atoms with Gasteiger partial charge in [-0.2, -0.15) is 0 Å². The summed E-state index contributed by atoms with van der Waals surface area (Å²) in [5.74, 6) is 1.49. The average molecular weight is 322 g/mol. The number of fused-ring (bicyclic) bond motifs is 1. The van der Waals surface area contributed by atoms with Gasteiger partial charge in [-0.25, -0.2) is 9.78 Å². The fourth-order valence-corrected chi connectivity index (χ4v) is 2.61. The topological polar surface area (TPSA) is 70.2 Å². The Hall–Kier alpha value is -1.73. The van der Waals surface area contributed by atoms with Crippen molar-refractivity contribution >= 4 is 34.8 Å². The molecule has 0 spiro atoms. The SMILES string of the molecule is CCCSc1ccc2[nH]c(NC(=O)OCCN(C)C)nc2c1. The van der Waals surface area contributed by atoms with Gasteiger partial charge in [-0.1, -0.05) is 6.92 Å². The number of aromatic amines is 1. The molecule has 0 saturated heterocycles. The summed E-state index contributed by atoms with van der Waals surface area (Å²) >= 11 is 1.80. The fraction of sp³-hybridized carbons (Fsp3) is 0.467. The van der Waals surface area contributed by atoms with Crippen molar-refractivity contribution in [3.05, 3.63) is 18.2 Å². The second-order valence-corrected chi connectivity index (χ2v) is 6.35. The Balaban J connectivity index is 1.95. The van der Waals surface area contributed by atoms with Crippen molar-refractivity contribution in [2.75, 3.05) is 38.3 Å². The Morgan fingerprint density at radius 1 is 1.45 bits per heavy atom. The summed E-state index contributed by atoms with van der Waals surface area (Å²) in [6.45, 7) is 3.19. The molecule has 7 heteroatoms. The van der Waals surface area contributed by atoms with Crippen molar-refractivity contribution < 1.29 is 9.53 Å². The van der Waals surface area contributed by atoms with E-state index in [1.54, 1.807) is 11.8 Å². The third-order valence-corrected chi connectivity index (χ3v) is 4.12. The van der Waals surface area contributed by atoms with Crippen LogP contribution in [-0.4, -0.2) is 54.0 Å². The van der Waals surface area contributed by atoms with Crippen LogP contribution in [0.3, 0.4) is 0 Å². The predicted molar refractivity (Wildman–Crippen MR) is 90.6 cm³/mol. The van der Waals surface area contributed by atoms with Gasteiger partial charge in [-0.05, 0) is 44.5 Å². The van der Waals surface area contributed by atoms with E-state index in [4.69, 9.17) is 4.74 Å². The number of aromatic nitrogens is 2. The second kappa shape index (κ2) is 8.05. The molecule has 0 fully saturated rings. The molecule has 2 aromatic rings. The highest BCUT2D eigenvalue weighted by atomic mass is 32.2. The lowest BCUT2D eigenvalue weighted by molar-refractivity contribution is 0.151. The van der Waals surface area contributed by atoms with E-state index in [9.17, 15) is 4.79 Å². The van der Waals surface area contributed by atoms with Crippen molar-refractivity contribution in [3.8, 4) is 0 Å². The van der Waals surface area contributed by atoms with Gasteiger partial charge in [0.1, 0.15) is 6.61 Å². The summed E-state index contributed by atoms with van der Waals surface area (Å²) in [5, 5.41) is 2.61. The number of hydrogen-bond donors (Lipinski definition) is 2. The van der Waals surface area contributed by atoms with Crippen LogP contribution in [0.25, 0.3) is 11.0 Å². The number of hydrogen-bond acceptors (Lipinski definition) is 5. The van der Waals surface area contributed by atoms with Crippen molar-refractivity contribution in [1.82, 2.24) is 14.9 Å². The molecule has 0 bridgehead atoms. The van der Waals surface area contributed by atoms with E-state index in [0.29, 0.717) is 19.1 Å². The van der Waals surface area contributed by atoms with Crippen LogP contribution in [0.1, 0.15) is 13.3 Å². The molecule has 1 aromatic heterocycles.